The number of hydrogen-bond donors (Lipinski definition) is 1. The van der Waals surface area contributed by atoms with Crippen LogP contribution < -0.4 is 14.8 Å². The highest BCUT2D eigenvalue weighted by molar-refractivity contribution is 5.94. The van der Waals surface area contributed by atoms with Gasteiger partial charge in [0.2, 0.25) is 0 Å². The molecule has 1 aromatic rings. The standard InChI is InChI=1S/C17H26N2O4/c1-13(2)23-15-5-4-14(12-16(15)21-3)17(20)18-6-7-19-8-10-22-11-9-19/h4-5,12-13H,6-11H2,1-3H3,(H,18,20). The molecule has 0 atom stereocenters. The van der Waals surface area contributed by atoms with E-state index in [0.717, 1.165) is 32.8 Å². The normalized spacial score (nSPS) is 15.5. The molecule has 1 amide bonds. The number of nitrogens with one attached hydrogen (secondary N) is 1. The van der Waals surface area contributed by atoms with Crippen LogP contribution in [-0.2, 0) is 4.74 Å². The first kappa shape index (κ1) is 17.6. The number of hydrogen-bond acceptors (Lipinski definition) is 5. The van der Waals surface area contributed by atoms with Crippen molar-refractivity contribution in [3.8, 4) is 11.5 Å². The van der Waals surface area contributed by atoms with Gasteiger partial charge in [0.15, 0.2) is 11.5 Å². The van der Waals surface area contributed by atoms with Crippen LogP contribution in [0, 0.1) is 0 Å². The Morgan fingerprint density at radius 2 is 2.04 bits per heavy atom. The minimum atomic E-state index is -0.104. The van der Waals surface area contributed by atoms with E-state index in [-0.39, 0.29) is 12.0 Å². The van der Waals surface area contributed by atoms with Gasteiger partial charge in [0.05, 0.1) is 26.4 Å². The molecule has 0 aliphatic carbocycles. The number of methoxy groups -OCH3 is 1. The van der Waals surface area contributed by atoms with Crippen molar-refractivity contribution in [2.75, 3.05) is 46.5 Å². The van der Waals surface area contributed by atoms with Crippen molar-refractivity contribution in [3.63, 3.8) is 0 Å². The average Bonchev–Trinajstić information content (AvgIpc) is 2.55. The minimum Gasteiger partial charge on any atom is -0.493 e. The molecule has 1 fully saturated rings. The van der Waals surface area contributed by atoms with E-state index in [9.17, 15) is 4.79 Å². The zero-order valence-corrected chi connectivity index (χ0v) is 14.1. The summed E-state index contributed by atoms with van der Waals surface area (Å²) in [5.74, 6) is 1.11. The molecule has 1 N–H and O–H groups in total. The fourth-order valence-corrected chi connectivity index (χ4v) is 2.41. The number of carbonyl (C=O) groups is 1. The molecule has 0 saturated carbocycles. The molecule has 1 aromatic carbocycles. The summed E-state index contributed by atoms with van der Waals surface area (Å²) in [6, 6.07) is 5.24. The quantitative estimate of drug-likeness (QED) is 0.825. The van der Waals surface area contributed by atoms with E-state index in [1.165, 1.54) is 0 Å². The van der Waals surface area contributed by atoms with E-state index in [1.807, 2.05) is 13.8 Å². The largest absolute Gasteiger partial charge is 0.493 e. The van der Waals surface area contributed by atoms with Gasteiger partial charge in [0.25, 0.3) is 5.91 Å². The second-order valence-electron chi connectivity index (χ2n) is 5.74. The molecule has 1 heterocycles. The summed E-state index contributed by atoms with van der Waals surface area (Å²) in [6.45, 7) is 8.73. The molecule has 1 saturated heterocycles. The van der Waals surface area contributed by atoms with Gasteiger partial charge in [-0.25, -0.2) is 0 Å². The van der Waals surface area contributed by atoms with Gasteiger partial charge in [-0.3, -0.25) is 9.69 Å². The van der Waals surface area contributed by atoms with Crippen LogP contribution in [0.5, 0.6) is 11.5 Å². The van der Waals surface area contributed by atoms with Crippen LogP contribution in [0.3, 0.4) is 0 Å². The number of carbonyl (C=O) groups excluding carboxylic acids is 1. The van der Waals surface area contributed by atoms with Crippen LogP contribution in [0.25, 0.3) is 0 Å². The van der Waals surface area contributed by atoms with Gasteiger partial charge in [-0.1, -0.05) is 0 Å². The maximum Gasteiger partial charge on any atom is 0.251 e. The lowest BCUT2D eigenvalue weighted by molar-refractivity contribution is 0.0383. The third-order valence-electron chi connectivity index (χ3n) is 3.61. The monoisotopic (exact) mass is 322 g/mol. The average molecular weight is 322 g/mol. The lowest BCUT2D eigenvalue weighted by Crippen LogP contribution is -2.41. The Morgan fingerprint density at radius 1 is 1.30 bits per heavy atom. The zero-order valence-electron chi connectivity index (χ0n) is 14.1. The molecule has 128 valence electrons. The molecule has 0 bridgehead atoms. The lowest BCUT2D eigenvalue weighted by atomic mass is 10.2. The summed E-state index contributed by atoms with van der Waals surface area (Å²) < 4.78 is 16.3. The Balaban J connectivity index is 1.88. The van der Waals surface area contributed by atoms with Crippen molar-refractivity contribution < 1.29 is 19.0 Å². The van der Waals surface area contributed by atoms with Crippen molar-refractivity contribution in [3.05, 3.63) is 23.8 Å². The molecule has 0 aromatic heterocycles. The summed E-state index contributed by atoms with van der Waals surface area (Å²) in [5.41, 5.74) is 0.569. The predicted molar refractivity (Wildman–Crippen MR) is 88.4 cm³/mol. The van der Waals surface area contributed by atoms with E-state index in [1.54, 1.807) is 25.3 Å². The Morgan fingerprint density at radius 3 is 2.70 bits per heavy atom. The topological polar surface area (TPSA) is 60.0 Å². The van der Waals surface area contributed by atoms with Gasteiger partial charge in [-0.2, -0.15) is 0 Å². The van der Waals surface area contributed by atoms with Gasteiger partial charge in [0, 0.05) is 31.7 Å². The van der Waals surface area contributed by atoms with Crippen LogP contribution in [0.2, 0.25) is 0 Å². The third kappa shape index (κ3) is 5.41. The van der Waals surface area contributed by atoms with Crippen LogP contribution in [0.15, 0.2) is 18.2 Å². The number of rotatable bonds is 7. The Labute approximate surface area is 137 Å². The smallest absolute Gasteiger partial charge is 0.251 e. The molecule has 6 heteroatoms. The second kappa shape index (κ2) is 8.74. The Hall–Kier alpha value is -1.79. The van der Waals surface area contributed by atoms with E-state index in [0.29, 0.717) is 23.6 Å². The third-order valence-corrected chi connectivity index (χ3v) is 3.61. The number of nitrogens with zero attached hydrogens (tertiary/aromatic N) is 1. The summed E-state index contributed by atoms with van der Waals surface area (Å²) in [6.07, 6.45) is 0.0529. The number of amides is 1. The number of ether oxygens (including phenoxy) is 3. The summed E-state index contributed by atoms with van der Waals surface area (Å²) in [4.78, 5) is 14.5. The molecule has 2 rings (SSSR count). The van der Waals surface area contributed by atoms with Crippen LogP contribution in [-0.4, -0.2) is 63.4 Å². The van der Waals surface area contributed by atoms with Crippen LogP contribution in [0.4, 0.5) is 0 Å². The van der Waals surface area contributed by atoms with E-state index < -0.39 is 0 Å². The molecule has 0 spiro atoms. The second-order valence-corrected chi connectivity index (χ2v) is 5.74. The highest BCUT2D eigenvalue weighted by Crippen LogP contribution is 2.28. The first-order valence-corrected chi connectivity index (χ1v) is 8.03. The summed E-state index contributed by atoms with van der Waals surface area (Å²) >= 11 is 0. The number of morpholine rings is 1. The fourth-order valence-electron chi connectivity index (χ4n) is 2.41. The molecule has 1 aliphatic heterocycles. The van der Waals surface area contributed by atoms with E-state index >= 15 is 0 Å². The van der Waals surface area contributed by atoms with Gasteiger partial charge in [0.1, 0.15) is 0 Å². The highest BCUT2D eigenvalue weighted by atomic mass is 16.5. The lowest BCUT2D eigenvalue weighted by Gasteiger charge is -2.26. The number of benzene rings is 1. The highest BCUT2D eigenvalue weighted by Gasteiger charge is 2.13. The van der Waals surface area contributed by atoms with E-state index in [2.05, 4.69) is 10.2 Å². The first-order chi connectivity index (χ1) is 11.1. The van der Waals surface area contributed by atoms with Crippen LogP contribution >= 0.6 is 0 Å². The van der Waals surface area contributed by atoms with Crippen LogP contribution in [0.1, 0.15) is 24.2 Å². The van der Waals surface area contributed by atoms with Gasteiger partial charge in [-0.15, -0.1) is 0 Å². The predicted octanol–water partition coefficient (Wildman–Crippen LogP) is 1.54. The molecule has 23 heavy (non-hydrogen) atoms. The minimum absolute atomic E-state index is 0.0529. The Kier molecular flexibility index (Phi) is 6.67. The Bertz CT molecular complexity index is 513. The molecule has 0 unspecified atom stereocenters. The van der Waals surface area contributed by atoms with Gasteiger partial charge >= 0.3 is 0 Å². The molecular formula is C17H26N2O4. The maximum absolute atomic E-state index is 12.2. The fraction of sp³-hybridized carbons (Fsp3) is 0.588. The maximum atomic E-state index is 12.2. The summed E-state index contributed by atoms with van der Waals surface area (Å²) in [5, 5.41) is 2.94. The van der Waals surface area contributed by atoms with Gasteiger partial charge < -0.3 is 19.5 Å². The molecular weight excluding hydrogens is 296 g/mol. The molecule has 1 aliphatic rings. The molecule has 6 nitrogen and oxygen atoms in total. The van der Waals surface area contributed by atoms with Crippen molar-refractivity contribution in [2.45, 2.75) is 20.0 Å². The van der Waals surface area contributed by atoms with E-state index in [4.69, 9.17) is 14.2 Å². The zero-order chi connectivity index (χ0) is 16.7. The molecule has 0 radical (unpaired) electrons. The van der Waals surface area contributed by atoms with Crippen molar-refractivity contribution >= 4 is 5.91 Å². The summed E-state index contributed by atoms with van der Waals surface area (Å²) in [7, 11) is 1.57. The van der Waals surface area contributed by atoms with Crippen molar-refractivity contribution in [1.29, 1.82) is 0 Å². The first-order valence-electron chi connectivity index (χ1n) is 8.03. The van der Waals surface area contributed by atoms with Crippen molar-refractivity contribution in [2.24, 2.45) is 0 Å². The van der Waals surface area contributed by atoms with Crippen molar-refractivity contribution in [1.82, 2.24) is 10.2 Å². The van der Waals surface area contributed by atoms with Gasteiger partial charge in [-0.05, 0) is 32.0 Å². The SMILES string of the molecule is COc1cc(C(=O)NCCN2CCOCC2)ccc1OC(C)C.